The molecular formula is C12H14ClNO3S. The number of amides is 1. The molecule has 1 aromatic carbocycles. The van der Waals surface area contributed by atoms with Gasteiger partial charge in [-0.1, -0.05) is 13.0 Å². The van der Waals surface area contributed by atoms with E-state index in [1.54, 1.807) is 6.07 Å². The van der Waals surface area contributed by atoms with Crippen LogP contribution in [0.4, 0.5) is 0 Å². The molecule has 1 aliphatic carbocycles. The van der Waals surface area contributed by atoms with Crippen molar-refractivity contribution in [1.29, 1.82) is 0 Å². The van der Waals surface area contributed by atoms with Crippen LogP contribution in [0.1, 0.15) is 30.1 Å². The molecule has 1 aliphatic rings. The molecule has 1 amide bonds. The molecular weight excluding hydrogens is 274 g/mol. The van der Waals surface area contributed by atoms with Crippen LogP contribution in [0, 0.1) is 5.92 Å². The first-order valence-corrected chi connectivity index (χ1v) is 8.03. The quantitative estimate of drug-likeness (QED) is 0.867. The zero-order valence-electron chi connectivity index (χ0n) is 9.89. The monoisotopic (exact) mass is 287 g/mol. The normalized spacial score (nSPS) is 23.2. The molecule has 98 valence electrons. The van der Waals surface area contributed by atoms with Crippen molar-refractivity contribution in [2.45, 2.75) is 30.7 Å². The number of carbonyl (C=O) groups is 1. The van der Waals surface area contributed by atoms with E-state index in [-0.39, 0.29) is 16.8 Å². The number of carbonyl (C=O) groups excluding carboxylic acids is 1. The Morgan fingerprint density at radius 1 is 1.39 bits per heavy atom. The lowest BCUT2D eigenvalue weighted by Gasteiger charge is -2.33. The number of nitrogens with one attached hydrogen (secondary N) is 1. The average Bonchev–Trinajstić information content (AvgIpc) is 2.26. The minimum atomic E-state index is -3.80. The van der Waals surface area contributed by atoms with Gasteiger partial charge >= 0.3 is 0 Å². The summed E-state index contributed by atoms with van der Waals surface area (Å²) in [7, 11) is 1.44. The van der Waals surface area contributed by atoms with Crippen molar-refractivity contribution in [1.82, 2.24) is 5.32 Å². The molecule has 1 saturated carbocycles. The van der Waals surface area contributed by atoms with Gasteiger partial charge in [-0.05, 0) is 37.0 Å². The fourth-order valence-corrected chi connectivity index (χ4v) is 2.87. The summed E-state index contributed by atoms with van der Waals surface area (Å²) in [6.45, 7) is 2.13. The lowest BCUT2D eigenvalue weighted by molar-refractivity contribution is 0.0896. The molecule has 2 rings (SSSR count). The summed E-state index contributed by atoms with van der Waals surface area (Å²) in [4.78, 5) is 11.8. The average molecular weight is 288 g/mol. The van der Waals surface area contributed by atoms with E-state index in [9.17, 15) is 13.2 Å². The minimum absolute atomic E-state index is 0.0567. The summed E-state index contributed by atoms with van der Waals surface area (Å²) in [5.74, 6) is 0.388. The molecule has 0 bridgehead atoms. The number of hydrogen-bond acceptors (Lipinski definition) is 3. The third-order valence-electron chi connectivity index (χ3n) is 3.09. The summed E-state index contributed by atoms with van der Waals surface area (Å²) >= 11 is 0. The molecule has 0 radical (unpaired) electrons. The van der Waals surface area contributed by atoms with Crippen molar-refractivity contribution in [3.8, 4) is 0 Å². The van der Waals surface area contributed by atoms with Crippen LogP contribution in [0.2, 0.25) is 0 Å². The molecule has 1 fully saturated rings. The zero-order chi connectivity index (χ0) is 13.3. The van der Waals surface area contributed by atoms with Crippen molar-refractivity contribution in [2.75, 3.05) is 0 Å². The Balaban J connectivity index is 2.11. The van der Waals surface area contributed by atoms with Crippen LogP contribution in [0.5, 0.6) is 0 Å². The molecule has 0 atom stereocenters. The van der Waals surface area contributed by atoms with Gasteiger partial charge in [0.15, 0.2) is 0 Å². The number of halogens is 1. The standard InChI is InChI=1S/C12H14ClNO3S/c1-8-5-10(6-8)14-12(15)9-3-2-4-11(7-9)18(13,16)17/h2-4,7-8,10H,5-6H2,1H3,(H,14,15). The lowest BCUT2D eigenvalue weighted by Crippen LogP contribution is -2.43. The van der Waals surface area contributed by atoms with E-state index < -0.39 is 9.05 Å². The molecule has 4 nitrogen and oxygen atoms in total. The van der Waals surface area contributed by atoms with Gasteiger partial charge in [0.25, 0.3) is 15.0 Å². The second kappa shape index (κ2) is 4.90. The Morgan fingerprint density at radius 2 is 2.06 bits per heavy atom. The van der Waals surface area contributed by atoms with E-state index in [4.69, 9.17) is 10.7 Å². The highest BCUT2D eigenvalue weighted by Gasteiger charge is 2.27. The smallest absolute Gasteiger partial charge is 0.261 e. The number of hydrogen-bond donors (Lipinski definition) is 1. The SMILES string of the molecule is CC1CC(NC(=O)c2cccc(S(=O)(=O)Cl)c2)C1. The van der Waals surface area contributed by atoms with Crippen molar-refractivity contribution in [3.63, 3.8) is 0 Å². The Morgan fingerprint density at radius 3 is 2.61 bits per heavy atom. The van der Waals surface area contributed by atoms with Gasteiger partial charge in [0, 0.05) is 22.3 Å². The third-order valence-corrected chi connectivity index (χ3v) is 4.44. The van der Waals surface area contributed by atoms with E-state index >= 15 is 0 Å². The summed E-state index contributed by atoms with van der Waals surface area (Å²) < 4.78 is 22.3. The fraction of sp³-hybridized carbons (Fsp3) is 0.417. The maximum atomic E-state index is 11.9. The van der Waals surface area contributed by atoms with Gasteiger partial charge in [0.05, 0.1) is 4.90 Å². The Hall–Kier alpha value is -1.07. The van der Waals surface area contributed by atoms with Crippen LogP contribution in [0.15, 0.2) is 29.2 Å². The molecule has 0 unspecified atom stereocenters. The molecule has 0 spiro atoms. The van der Waals surface area contributed by atoms with Crippen LogP contribution in [0.3, 0.4) is 0 Å². The van der Waals surface area contributed by atoms with Gasteiger partial charge in [0.1, 0.15) is 0 Å². The first-order valence-electron chi connectivity index (χ1n) is 5.72. The van der Waals surface area contributed by atoms with E-state index in [1.807, 2.05) is 0 Å². The van der Waals surface area contributed by atoms with E-state index in [2.05, 4.69) is 12.2 Å². The third kappa shape index (κ3) is 3.03. The Labute approximate surface area is 111 Å². The molecule has 18 heavy (non-hydrogen) atoms. The van der Waals surface area contributed by atoms with E-state index in [0.717, 1.165) is 12.8 Å². The number of benzene rings is 1. The summed E-state index contributed by atoms with van der Waals surface area (Å²) in [5.41, 5.74) is 0.316. The topological polar surface area (TPSA) is 63.2 Å². The fourth-order valence-electron chi connectivity index (χ4n) is 2.08. The highest BCUT2D eigenvalue weighted by Crippen LogP contribution is 2.26. The van der Waals surface area contributed by atoms with Crippen molar-refractivity contribution in [3.05, 3.63) is 29.8 Å². The van der Waals surface area contributed by atoms with Crippen molar-refractivity contribution >= 4 is 25.6 Å². The molecule has 0 heterocycles. The van der Waals surface area contributed by atoms with Crippen molar-refractivity contribution < 1.29 is 13.2 Å². The first kappa shape index (κ1) is 13.4. The molecule has 6 heteroatoms. The second-order valence-corrected chi connectivity index (χ2v) is 7.28. The molecule has 0 aliphatic heterocycles. The molecule has 1 N–H and O–H groups in total. The van der Waals surface area contributed by atoms with Crippen LogP contribution in [0.25, 0.3) is 0 Å². The second-order valence-electron chi connectivity index (χ2n) is 4.71. The van der Waals surface area contributed by atoms with Gasteiger partial charge < -0.3 is 5.32 Å². The van der Waals surface area contributed by atoms with Gasteiger partial charge in [-0.3, -0.25) is 4.79 Å². The first-order chi connectivity index (χ1) is 8.36. The highest BCUT2D eigenvalue weighted by atomic mass is 35.7. The Kier molecular flexibility index (Phi) is 3.64. The highest BCUT2D eigenvalue weighted by molar-refractivity contribution is 8.13. The molecule has 0 aromatic heterocycles. The van der Waals surface area contributed by atoms with Crippen LogP contribution in [-0.4, -0.2) is 20.4 Å². The molecule has 0 saturated heterocycles. The van der Waals surface area contributed by atoms with Gasteiger partial charge in [0.2, 0.25) is 0 Å². The predicted molar refractivity (Wildman–Crippen MR) is 69.1 cm³/mol. The maximum absolute atomic E-state index is 11.9. The summed E-state index contributed by atoms with van der Waals surface area (Å²) in [5, 5.41) is 2.86. The predicted octanol–water partition coefficient (Wildman–Crippen LogP) is 2.14. The van der Waals surface area contributed by atoms with Crippen LogP contribution < -0.4 is 5.32 Å². The Bertz CT molecular complexity index is 564. The van der Waals surface area contributed by atoms with Gasteiger partial charge in [-0.2, -0.15) is 0 Å². The summed E-state index contributed by atoms with van der Waals surface area (Å²) in [6.07, 6.45) is 1.94. The minimum Gasteiger partial charge on any atom is -0.349 e. The largest absolute Gasteiger partial charge is 0.349 e. The van der Waals surface area contributed by atoms with Crippen LogP contribution in [-0.2, 0) is 9.05 Å². The van der Waals surface area contributed by atoms with E-state index in [0.29, 0.717) is 11.5 Å². The zero-order valence-corrected chi connectivity index (χ0v) is 11.5. The molecule has 1 aromatic rings. The van der Waals surface area contributed by atoms with Gasteiger partial charge in [-0.25, -0.2) is 8.42 Å². The maximum Gasteiger partial charge on any atom is 0.261 e. The van der Waals surface area contributed by atoms with Crippen molar-refractivity contribution in [2.24, 2.45) is 5.92 Å². The summed E-state index contributed by atoms with van der Waals surface area (Å²) in [6, 6.07) is 5.93. The van der Waals surface area contributed by atoms with Gasteiger partial charge in [-0.15, -0.1) is 0 Å². The number of rotatable bonds is 3. The lowest BCUT2D eigenvalue weighted by atomic mass is 9.82. The van der Waals surface area contributed by atoms with E-state index in [1.165, 1.54) is 18.2 Å². The van der Waals surface area contributed by atoms with Crippen LogP contribution >= 0.6 is 10.7 Å².